The van der Waals surface area contributed by atoms with Gasteiger partial charge in [-0.3, -0.25) is 0 Å². The van der Waals surface area contributed by atoms with Gasteiger partial charge in [-0.25, -0.2) is 9.18 Å². The molecule has 0 unspecified atom stereocenters. The topological polar surface area (TPSA) is 56.6 Å². The lowest BCUT2D eigenvalue weighted by Gasteiger charge is -2.36. The average Bonchev–Trinajstić information content (AvgIpc) is 2.67. The maximum Gasteiger partial charge on any atom is 0.410 e. The molecule has 1 saturated heterocycles. The van der Waals surface area contributed by atoms with Crippen molar-refractivity contribution in [3.05, 3.63) is 53.8 Å². The normalized spacial score (nSPS) is 14.5. The summed E-state index contributed by atoms with van der Waals surface area (Å²) >= 11 is 0. The maximum atomic E-state index is 13.5. The Labute approximate surface area is 164 Å². The van der Waals surface area contributed by atoms with Crippen molar-refractivity contribution in [2.75, 3.05) is 31.1 Å². The Morgan fingerprint density at radius 2 is 1.64 bits per heavy atom. The third kappa shape index (κ3) is 4.61. The van der Waals surface area contributed by atoms with E-state index in [1.165, 1.54) is 6.07 Å². The molecule has 0 aromatic heterocycles. The van der Waals surface area contributed by atoms with Gasteiger partial charge < -0.3 is 14.5 Å². The van der Waals surface area contributed by atoms with Crippen molar-refractivity contribution in [3.63, 3.8) is 0 Å². The Kier molecular flexibility index (Phi) is 5.55. The first-order chi connectivity index (χ1) is 13.3. The summed E-state index contributed by atoms with van der Waals surface area (Å²) in [7, 11) is 0. The van der Waals surface area contributed by atoms with Gasteiger partial charge in [-0.05, 0) is 56.2 Å². The summed E-state index contributed by atoms with van der Waals surface area (Å²) < 4.78 is 18.9. The van der Waals surface area contributed by atoms with Crippen LogP contribution >= 0.6 is 0 Å². The number of nitriles is 1. The molecule has 0 saturated carbocycles. The first-order valence-corrected chi connectivity index (χ1v) is 9.30. The van der Waals surface area contributed by atoms with Crippen LogP contribution in [0.1, 0.15) is 26.3 Å². The Morgan fingerprint density at radius 1 is 1.04 bits per heavy atom. The number of ether oxygens (including phenoxy) is 1. The lowest BCUT2D eigenvalue weighted by molar-refractivity contribution is 0.0240. The van der Waals surface area contributed by atoms with Gasteiger partial charge >= 0.3 is 6.09 Å². The van der Waals surface area contributed by atoms with Gasteiger partial charge in [-0.15, -0.1) is 0 Å². The van der Waals surface area contributed by atoms with Crippen molar-refractivity contribution in [2.45, 2.75) is 26.4 Å². The highest BCUT2D eigenvalue weighted by Crippen LogP contribution is 2.25. The largest absolute Gasteiger partial charge is 0.444 e. The quantitative estimate of drug-likeness (QED) is 0.773. The highest BCUT2D eigenvalue weighted by molar-refractivity contribution is 5.70. The fourth-order valence-electron chi connectivity index (χ4n) is 3.13. The zero-order valence-electron chi connectivity index (χ0n) is 16.4. The molecular formula is C22H24FN3O2. The summed E-state index contributed by atoms with van der Waals surface area (Å²) in [4.78, 5) is 16.1. The van der Waals surface area contributed by atoms with Crippen LogP contribution in [0.15, 0.2) is 42.5 Å². The molecule has 0 spiro atoms. The van der Waals surface area contributed by atoms with Crippen molar-refractivity contribution in [1.29, 1.82) is 5.26 Å². The van der Waals surface area contributed by atoms with Crippen LogP contribution in [0.5, 0.6) is 0 Å². The molecule has 0 N–H and O–H groups in total. The molecule has 1 amide bonds. The van der Waals surface area contributed by atoms with E-state index in [4.69, 9.17) is 10.00 Å². The third-order valence-corrected chi connectivity index (χ3v) is 4.58. The minimum Gasteiger partial charge on any atom is -0.444 e. The number of benzene rings is 2. The zero-order chi connectivity index (χ0) is 20.3. The summed E-state index contributed by atoms with van der Waals surface area (Å²) in [6.45, 7) is 8.28. The van der Waals surface area contributed by atoms with Crippen molar-refractivity contribution in [3.8, 4) is 17.2 Å². The van der Waals surface area contributed by atoms with E-state index >= 15 is 0 Å². The number of amides is 1. The zero-order valence-corrected chi connectivity index (χ0v) is 16.4. The van der Waals surface area contributed by atoms with Crippen LogP contribution in [0.2, 0.25) is 0 Å². The average molecular weight is 381 g/mol. The van der Waals surface area contributed by atoms with Crippen molar-refractivity contribution >= 4 is 11.8 Å². The molecule has 6 heteroatoms. The Balaban J connectivity index is 1.64. The SMILES string of the molecule is CC(C)(C)OC(=O)N1CCN(c2ccc(-c3ccc(F)c(C#N)c3)cc2)CC1. The molecule has 2 aromatic rings. The first kappa shape index (κ1) is 19.7. The van der Waals surface area contributed by atoms with Gasteiger partial charge in [0.1, 0.15) is 17.5 Å². The molecule has 5 nitrogen and oxygen atoms in total. The van der Waals surface area contributed by atoms with E-state index in [1.54, 1.807) is 17.0 Å². The van der Waals surface area contributed by atoms with Gasteiger partial charge in [0.2, 0.25) is 0 Å². The molecule has 1 aliphatic heterocycles. The molecule has 0 aliphatic carbocycles. The fourth-order valence-corrected chi connectivity index (χ4v) is 3.13. The molecular weight excluding hydrogens is 357 g/mol. The van der Waals surface area contributed by atoms with E-state index in [-0.39, 0.29) is 11.7 Å². The monoisotopic (exact) mass is 381 g/mol. The van der Waals surface area contributed by atoms with Crippen LogP contribution in [0.25, 0.3) is 11.1 Å². The fraction of sp³-hybridized carbons (Fsp3) is 0.364. The van der Waals surface area contributed by atoms with E-state index in [1.807, 2.05) is 51.1 Å². The molecule has 1 heterocycles. The second-order valence-electron chi connectivity index (χ2n) is 7.81. The summed E-state index contributed by atoms with van der Waals surface area (Å²) in [6.07, 6.45) is -0.271. The smallest absolute Gasteiger partial charge is 0.410 e. The van der Waals surface area contributed by atoms with E-state index < -0.39 is 11.4 Å². The third-order valence-electron chi connectivity index (χ3n) is 4.58. The number of rotatable bonds is 2. The van der Waals surface area contributed by atoms with Crippen molar-refractivity contribution in [2.24, 2.45) is 0 Å². The van der Waals surface area contributed by atoms with Crippen LogP contribution in [0.4, 0.5) is 14.9 Å². The second kappa shape index (κ2) is 7.89. The standard InChI is InChI=1S/C22H24FN3O2/c1-22(2,3)28-21(27)26-12-10-25(11-13-26)19-7-4-16(5-8-19)17-6-9-20(23)18(14-17)15-24/h4-9,14H,10-13H2,1-3H3. The molecule has 2 aromatic carbocycles. The van der Waals surface area contributed by atoms with Crippen LogP contribution in [-0.2, 0) is 4.74 Å². The van der Waals surface area contributed by atoms with Gasteiger partial charge in [-0.2, -0.15) is 5.26 Å². The Morgan fingerprint density at radius 3 is 2.21 bits per heavy atom. The summed E-state index contributed by atoms with van der Waals surface area (Å²) in [6, 6.07) is 14.4. The number of hydrogen-bond acceptors (Lipinski definition) is 4. The number of carbonyl (C=O) groups is 1. The van der Waals surface area contributed by atoms with E-state index in [0.29, 0.717) is 13.1 Å². The van der Waals surface area contributed by atoms with Crippen LogP contribution in [0, 0.1) is 17.1 Å². The number of piperazine rings is 1. The molecule has 146 valence electrons. The van der Waals surface area contributed by atoms with Crippen molar-refractivity contribution < 1.29 is 13.9 Å². The molecule has 0 atom stereocenters. The predicted octanol–water partition coefficient (Wildman–Crippen LogP) is 4.42. The van der Waals surface area contributed by atoms with Gasteiger partial charge in [0.25, 0.3) is 0 Å². The van der Waals surface area contributed by atoms with E-state index in [2.05, 4.69) is 4.90 Å². The first-order valence-electron chi connectivity index (χ1n) is 9.30. The minimum absolute atomic E-state index is 0.0415. The number of halogens is 1. The molecule has 0 bridgehead atoms. The molecule has 1 fully saturated rings. The highest BCUT2D eigenvalue weighted by atomic mass is 19.1. The number of hydrogen-bond donors (Lipinski definition) is 0. The lowest BCUT2D eigenvalue weighted by Crippen LogP contribution is -2.50. The summed E-state index contributed by atoms with van der Waals surface area (Å²) in [5.41, 5.74) is 2.34. The van der Waals surface area contributed by atoms with Gasteiger partial charge in [0.15, 0.2) is 0 Å². The number of nitrogens with zero attached hydrogens (tertiary/aromatic N) is 3. The highest BCUT2D eigenvalue weighted by Gasteiger charge is 2.25. The predicted molar refractivity (Wildman–Crippen MR) is 107 cm³/mol. The van der Waals surface area contributed by atoms with Crippen LogP contribution < -0.4 is 4.90 Å². The number of anilines is 1. The van der Waals surface area contributed by atoms with Crippen molar-refractivity contribution in [1.82, 2.24) is 4.90 Å². The molecule has 0 radical (unpaired) electrons. The van der Waals surface area contributed by atoms with Crippen LogP contribution in [0.3, 0.4) is 0 Å². The van der Waals surface area contributed by atoms with Gasteiger partial charge in [0, 0.05) is 31.9 Å². The van der Waals surface area contributed by atoms with E-state index in [9.17, 15) is 9.18 Å². The number of carbonyl (C=O) groups excluding carboxylic acids is 1. The molecule has 1 aliphatic rings. The lowest BCUT2D eigenvalue weighted by atomic mass is 10.0. The minimum atomic E-state index is -0.509. The Bertz CT molecular complexity index is 889. The van der Waals surface area contributed by atoms with Gasteiger partial charge in [0.05, 0.1) is 5.56 Å². The summed E-state index contributed by atoms with van der Waals surface area (Å²) in [5, 5.41) is 8.99. The second-order valence-corrected chi connectivity index (χ2v) is 7.81. The summed E-state index contributed by atoms with van der Waals surface area (Å²) in [5.74, 6) is -0.509. The molecule has 28 heavy (non-hydrogen) atoms. The molecule has 3 rings (SSSR count). The Hall–Kier alpha value is -3.07. The van der Waals surface area contributed by atoms with E-state index in [0.717, 1.165) is 29.9 Å². The van der Waals surface area contributed by atoms with Gasteiger partial charge in [-0.1, -0.05) is 18.2 Å². The maximum absolute atomic E-state index is 13.5. The van der Waals surface area contributed by atoms with Crippen LogP contribution in [-0.4, -0.2) is 42.8 Å².